The lowest BCUT2D eigenvalue weighted by Crippen LogP contribution is -2.27. The van der Waals surface area contributed by atoms with E-state index in [4.69, 9.17) is 0 Å². The van der Waals surface area contributed by atoms with Crippen LogP contribution in [0.4, 0.5) is 11.4 Å². The van der Waals surface area contributed by atoms with Crippen LogP contribution in [-0.2, 0) is 4.79 Å². The Hall–Kier alpha value is -2.36. The lowest BCUT2D eigenvalue weighted by molar-refractivity contribution is -0.136. The van der Waals surface area contributed by atoms with Crippen molar-refractivity contribution in [1.82, 2.24) is 0 Å². The maximum atomic E-state index is 12.1. The zero-order valence-electron chi connectivity index (χ0n) is 15.7. The summed E-state index contributed by atoms with van der Waals surface area (Å²) in [7, 11) is -3.06. The number of carboxylic acid groups (broad SMARTS) is 1. The number of nitrogens with zero attached hydrogens (tertiary/aromatic N) is 2. The Morgan fingerprint density at radius 1 is 1.00 bits per heavy atom. The van der Waals surface area contributed by atoms with Gasteiger partial charge in [0.15, 0.2) is 7.79 Å². The second kappa shape index (κ2) is 8.12. The van der Waals surface area contributed by atoms with Gasteiger partial charge in [0.1, 0.15) is 0 Å². The van der Waals surface area contributed by atoms with Gasteiger partial charge in [-0.3, -0.25) is 4.79 Å². The van der Waals surface area contributed by atoms with E-state index < -0.39 is 13.8 Å². The van der Waals surface area contributed by atoms with Crippen LogP contribution in [0.2, 0.25) is 0 Å². The zero-order valence-corrected chi connectivity index (χ0v) is 16.6. The predicted molar refractivity (Wildman–Crippen MR) is 112 cm³/mol. The van der Waals surface area contributed by atoms with Crippen LogP contribution in [0.15, 0.2) is 72.1 Å². The van der Waals surface area contributed by atoms with Crippen molar-refractivity contribution < 1.29 is 14.8 Å². The van der Waals surface area contributed by atoms with Crippen LogP contribution < -0.4 is 9.34 Å². The average molecular weight is 385 g/mol. The lowest BCUT2D eigenvalue weighted by Gasteiger charge is -2.44. The number of anilines is 2. The van der Waals surface area contributed by atoms with Crippen LogP contribution in [0.1, 0.15) is 20.3 Å². The molecular formula is C21H26N2O3P. The van der Waals surface area contributed by atoms with Gasteiger partial charge < -0.3 is 19.3 Å². The molecule has 0 aliphatic carbocycles. The molecule has 6 heteroatoms. The molecule has 3 rings (SSSR count). The van der Waals surface area contributed by atoms with Gasteiger partial charge in [-0.15, -0.1) is 0 Å². The number of para-hydroxylation sites is 2. The highest BCUT2D eigenvalue weighted by molar-refractivity contribution is 7.77. The Labute approximate surface area is 161 Å². The first-order valence-electron chi connectivity index (χ1n) is 9.14. The average Bonchev–Trinajstić information content (AvgIpc) is 3.00. The standard InChI is InChI=1S/C21H26N2O3P/c1-17(2)15-20(16-21(24)25)27(26)22(18-9-5-3-6-10-18)13-14-23(27)19-11-7-4-8-12-19/h3-12,15,17,26H,13-14,16H2,1-2H3,(H,24,25). The van der Waals surface area contributed by atoms with Gasteiger partial charge >= 0.3 is 5.97 Å². The topological polar surface area (TPSA) is 64.0 Å². The largest absolute Gasteiger partial charge is 0.481 e. The van der Waals surface area contributed by atoms with E-state index in [0.717, 1.165) is 11.4 Å². The summed E-state index contributed by atoms with van der Waals surface area (Å²) < 4.78 is 3.99. The Morgan fingerprint density at radius 2 is 1.44 bits per heavy atom. The van der Waals surface area contributed by atoms with E-state index in [9.17, 15) is 14.8 Å². The SMILES string of the molecule is CC(C)C=C(CC(=O)O)[P]1(O)N(c2ccccc2)CCN1c1ccccc1. The van der Waals surface area contributed by atoms with Gasteiger partial charge in [0.05, 0.1) is 6.42 Å². The van der Waals surface area contributed by atoms with Gasteiger partial charge in [-0.05, 0) is 30.2 Å². The van der Waals surface area contributed by atoms with Crippen molar-refractivity contribution >= 4 is 25.1 Å². The number of hydrogen-bond acceptors (Lipinski definition) is 4. The number of aliphatic carboxylic acids is 1. The van der Waals surface area contributed by atoms with E-state index >= 15 is 0 Å². The van der Waals surface area contributed by atoms with Crippen molar-refractivity contribution in [2.24, 2.45) is 5.92 Å². The Kier molecular flexibility index (Phi) is 5.83. The van der Waals surface area contributed by atoms with Crippen LogP contribution in [0.5, 0.6) is 0 Å². The van der Waals surface area contributed by atoms with E-state index in [-0.39, 0.29) is 12.3 Å². The minimum absolute atomic E-state index is 0.138. The molecule has 0 unspecified atom stereocenters. The smallest absolute Gasteiger partial charge is 0.308 e. The zero-order chi connectivity index (χ0) is 19.4. The number of hydrogen-bond donors (Lipinski definition) is 2. The second-order valence-electron chi connectivity index (χ2n) is 6.96. The molecular weight excluding hydrogens is 359 g/mol. The van der Waals surface area contributed by atoms with Gasteiger partial charge in [-0.2, -0.15) is 0 Å². The van der Waals surface area contributed by atoms with Crippen LogP contribution in [0.25, 0.3) is 0 Å². The van der Waals surface area contributed by atoms with Crippen molar-refractivity contribution in [2.75, 3.05) is 22.4 Å². The van der Waals surface area contributed by atoms with Crippen molar-refractivity contribution in [1.29, 1.82) is 0 Å². The first kappa shape index (κ1) is 19.4. The summed E-state index contributed by atoms with van der Waals surface area (Å²) in [4.78, 5) is 23.7. The normalized spacial score (nSPS) is 16.8. The summed E-state index contributed by atoms with van der Waals surface area (Å²) >= 11 is 0. The maximum absolute atomic E-state index is 12.1. The number of allylic oxidation sites excluding steroid dienone is 1. The lowest BCUT2D eigenvalue weighted by atomic mass is 10.2. The van der Waals surface area contributed by atoms with Gasteiger partial charge in [-0.1, -0.05) is 56.3 Å². The van der Waals surface area contributed by atoms with E-state index in [1.54, 1.807) is 0 Å². The highest BCUT2D eigenvalue weighted by atomic mass is 31.2. The fourth-order valence-electron chi connectivity index (χ4n) is 3.49. The molecule has 1 fully saturated rings. The van der Waals surface area contributed by atoms with Crippen molar-refractivity contribution in [2.45, 2.75) is 20.3 Å². The molecule has 0 spiro atoms. The van der Waals surface area contributed by atoms with E-state index in [2.05, 4.69) is 0 Å². The van der Waals surface area contributed by atoms with Gasteiger partial charge in [0.2, 0.25) is 0 Å². The van der Waals surface area contributed by atoms with Crippen LogP contribution in [0.3, 0.4) is 0 Å². The van der Waals surface area contributed by atoms with Crippen molar-refractivity contribution in [3.05, 3.63) is 72.1 Å². The molecule has 0 saturated carbocycles. The van der Waals surface area contributed by atoms with E-state index in [1.165, 1.54) is 0 Å². The molecule has 5 nitrogen and oxygen atoms in total. The fourth-order valence-corrected chi connectivity index (χ4v) is 6.87. The summed E-state index contributed by atoms with van der Waals surface area (Å²) in [6.45, 7) is 5.28. The molecule has 2 aromatic carbocycles. The molecule has 1 aliphatic rings. The Bertz CT molecular complexity index is 761. The highest BCUT2D eigenvalue weighted by Gasteiger charge is 2.48. The molecule has 0 amide bonds. The summed E-state index contributed by atoms with van der Waals surface area (Å²) in [5.41, 5.74) is 1.82. The van der Waals surface area contributed by atoms with Crippen LogP contribution in [0, 0.1) is 5.92 Å². The monoisotopic (exact) mass is 385 g/mol. The third-order valence-corrected chi connectivity index (χ3v) is 7.84. The summed E-state index contributed by atoms with van der Waals surface area (Å²) in [6, 6.07) is 19.5. The predicted octanol–water partition coefficient (Wildman–Crippen LogP) is 4.78. The maximum Gasteiger partial charge on any atom is 0.308 e. The van der Waals surface area contributed by atoms with Crippen LogP contribution in [-0.4, -0.2) is 29.1 Å². The summed E-state index contributed by atoms with van der Waals surface area (Å²) in [6.07, 6.45) is 1.74. The summed E-state index contributed by atoms with van der Waals surface area (Å²) in [5, 5.41) is 10.1. The van der Waals surface area contributed by atoms with Gasteiger partial charge in [0.25, 0.3) is 0 Å². The minimum atomic E-state index is -3.06. The number of benzene rings is 2. The molecule has 2 N–H and O–H groups in total. The van der Waals surface area contributed by atoms with E-state index in [1.807, 2.05) is 89.9 Å². The first-order valence-corrected chi connectivity index (χ1v) is 10.8. The highest BCUT2D eigenvalue weighted by Crippen LogP contribution is 2.72. The molecule has 1 heterocycles. The molecule has 1 saturated heterocycles. The minimum Gasteiger partial charge on any atom is -0.481 e. The van der Waals surface area contributed by atoms with Crippen molar-refractivity contribution in [3.63, 3.8) is 0 Å². The van der Waals surface area contributed by atoms with Crippen LogP contribution >= 0.6 is 7.79 Å². The molecule has 143 valence electrons. The molecule has 0 atom stereocenters. The van der Waals surface area contributed by atoms with Gasteiger partial charge in [0, 0.05) is 29.8 Å². The Morgan fingerprint density at radius 3 is 1.81 bits per heavy atom. The third kappa shape index (κ3) is 4.00. The fraction of sp³-hybridized carbons (Fsp3) is 0.286. The Balaban J connectivity index is 2.14. The molecule has 1 aliphatic heterocycles. The molecule has 0 bridgehead atoms. The van der Waals surface area contributed by atoms with Crippen molar-refractivity contribution in [3.8, 4) is 0 Å². The number of carbonyl (C=O) groups is 1. The molecule has 0 aromatic heterocycles. The number of carboxylic acids is 1. The summed E-state index contributed by atoms with van der Waals surface area (Å²) in [5.74, 6) is -0.789. The molecule has 1 radical (unpaired) electrons. The number of rotatable bonds is 6. The molecule has 27 heavy (non-hydrogen) atoms. The third-order valence-electron chi connectivity index (χ3n) is 4.55. The molecule has 2 aromatic rings. The first-order chi connectivity index (χ1) is 12.9. The quantitative estimate of drug-likeness (QED) is 0.701. The van der Waals surface area contributed by atoms with Gasteiger partial charge in [-0.25, -0.2) is 0 Å². The second-order valence-corrected chi connectivity index (χ2v) is 9.64. The van der Waals surface area contributed by atoms with E-state index in [0.29, 0.717) is 18.4 Å².